The van der Waals surface area contributed by atoms with Crippen LogP contribution < -0.4 is 9.47 Å². The minimum Gasteiger partial charge on any atom is -0.493 e. The van der Waals surface area contributed by atoms with Gasteiger partial charge in [0.15, 0.2) is 11.5 Å². The first-order valence-corrected chi connectivity index (χ1v) is 6.20. The normalized spacial score (nSPS) is 12.3. The molecule has 0 aliphatic heterocycles. The van der Waals surface area contributed by atoms with Crippen LogP contribution in [0.2, 0.25) is 5.02 Å². The van der Waals surface area contributed by atoms with Crippen LogP contribution >= 0.6 is 11.6 Å². The fourth-order valence-corrected chi connectivity index (χ4v) is 1.93. The van der Waals surface area contributed by atoms with E-state index in [1.807, 2.05) is 13.8 Å². The minimum atomic E-state index is -0.512. The van der Waals surface area contributed by atoms with Gasteiger partial charge in [0.2, 0.25) is 0 Å². The predicted octanol–water partition coefficient (Wildman–Crippen LogP) is 3.58. The quantitative estimate of drug-likeness (QED) is 0.848. The molecule has 0 aliphatic carbocycles. The van der Waals surface area contributed by atoms with Gasteiger partial charge in [0.25, 0.3) is 0 Å². The van der Waals surface area contributed by atoms with Gasteiger partial charge < -0.3 is 14.6 Å². The van der Waals surface area contributed by atoms with E-state index in [1.54, 1.807) is 19.2 Å². The Morgan fingerprint density at radius 3 is 2.59 bits per heavy atom. The number of methoxy groups -OCH3 is 1. The van der Waals surface area contributed by atoms with Crippen molar-refractivity contribution in [2.45, 2.75) is 32.8 Å². The van der Waals surface area contributed by atoms with Crippen molar-refractivity contribution < 1.29 is 14.6 Å². The Balaban J connectivity index is 3.07. The van der Waals surface area contributed by atoms with Crippen molar-refractivity contribution in [3.8, 4) is 11.5 Å². The van der Waals surface area contributed by atoms with Crippen molar-refractivity contribution in [2.75, 3.05) is 13.7 Å². The van der Waals surface area contributed by atoms with Crippen molar-refractivity contribution in [3.63, 3.8) is 0 Å². The van der Waals surface area contributed by atoms with Gasteiger partial charge in [-0.1, -0.05) is 24.9 Å². The highest BCUT2D eigenvalue weighted by Crippen LogP contribution is 2.38. The Hall–Kier alpha value is -0.930. The lowest BCUT2D eigenvalue weighted by atomic mass is 10.0. The molecule has 1 atom stereocenters. The van der Waals surface area contributed by atoms with Crippen molar-refractivity contribution in [1.29, 1.82) is 0 Å². The molecule has 0 heterocycles. The first kappa shape index (κ1) is 14.1. The molecule has 4 heteroatoms. The molecule has 0 radical (unpaired) electrons. The lowest BCUT2D eigenvalue weighted by Crippen LogP contribution is -2.01. The number of ether oxygens (including phenoxy) is 2. The van der Waals surface area contributed by atoms with E-state index in [1.165, 1.54) is 0 Å². The molecule has 3 nitrogen and oxygen atoms in total. The minimum absolute atomic E-state index is 0.469. The lowest BCUT2D eigenvalue weighted by molar-refractivity contribution is 0.166. The van der Waals surface area contributed by atoms with Gasteiger partial charge in [-0.2, -0.15) is 0 Å². The zero-order valence-corrected chi connectivity index (χ0v) is 11.3. The fourth-order valence-electron chi connectivity index (χ4n) is 1.66. The van der Waals surface area contributed by atoms with Gasteiger partial charge in [-0.15, -0.1) is 0 Å². The third-order valence-corrected chi connectivity index (χ3v) is 2.77. The Kier molecular flexibility index (Phi) is 5.59. The molecule has 0 spiro atoms. The summed E-state index contributed by atoms with van der Waals surface area (Å²) in [6.07, 6.45) is 1.10. The van der Waals surface area contributed by atoms with Crippen LogP contribution in [-0.4, -0.2) is 18.8 Å². The number of aliphatic hydroxyl groups is 1. The molecule has 1 N–H and O–H groups in total. The van der Waals surface area contributed by atoms with Gasteiger partial charge in [-0.25, -0.2) is 0 Å². The average molecular weight is 259 g/mol. The van der Waals surface area contributed by atoms with Crippen LogP contribution in [0.4, 0.5) is 0 Å². The molecule has 1 unspecified atom stereocenters. The van der Waals surface area contributed by atoms with Gasteiger partial charge in [-0.3, -0.25) is 0 Å². The number of aliphatic hydroxyl groups excluding tert-OH is 1. The summed E-state index contributed by atoms with van der Waals surface area (Å²) in [4.78, 5) is 0. The Labute approximate surface area is 107 Å². The zero-order chi connectivity index (χ0) is 12.8. The maximum atomic E-state index is 9.93. The molecule has 96 valence electrons. The zero-order valence-electron chi connectivity index (χ0n) is 10.5. The largest absolute Gasteiger partial charge is 0.493 e. The highest BCUT2D eigenvalue weighted by Gasteiger charge is 2.15. The summed E-state index contributed by atoms with van der Waals surface area (Å²) >= 11 is 6.12. The second kappa shape index (κ2) is 6.72. The molecule has 17 heavy (non-hydrogen) atoms. The second-order valence-electron chi connectivity index (χ2n) is 3.77. The Morgan fingerprint density at radius 1 is 1.35 bits per heavy atom. The fraction of sp³-hybridized carbons (Fsp3) is 0.538. The van der Waals surface area contributed by atoms with E-state index < -0.39 is 6.10 Å². The van der Waals surface area contributed by atoms with Crippen molar-refractivity contribution in [2.24, 2.45) is 0 Å². The third-order valence-electron chi connectivity index (χ3n) is 2.49. The summed E-state index contributed by atoms with van der Waals surface area (Å²) in [5.41, 5.74) is 0.761. The van der Waals surface area contributed by atoms with E-state index in [9.17, 15) is 5.11 Å². The first-order valence-electron chi connectivity index (χ1n) is 5.82. The summed E-state index contributed by atoms with van der Waals surface area (Å²) in [6, 6.07) is 3.51. The molecule has 1 aromatic rings. The van der Waals surface area contributed by atoms with Gasteiger partial charge in [-0.05, 0) is 31.0 Å². The molecule has 0 aromatic heterocycles. The maximum absolute atomic E-state index is 9.93. The SMILES string of the molecule is CCCC(O)c1cc(Cl)c(OCC)c(OC)c1. The van der Waals surface area contributed by atoms with Crippen LogP contribution in [0.25, 0.3) is 0 Å². The molecule has 1 aromatic carbocycles. The van der Waals surface area contributed by atoms with Crippen LogP contribution in [0.3, 0.4) is 0 Å². The first-order chi connectivity index (χ1) is 8.13. The van der Waals surface area contributed by atoms with Gasteiger partial charge in [0.1, 0.15) is 0 Å². The molecule has 0 saturated heterocycles. The van der Waals surface area contributed by atoms with Crippen LogP contribution in [0, 0.1) is 0 Å². The smallest absolute Gasteiger partial charge is 0.179 e. The number of benzene rings is 1. The van der Waals surface area contributed by atoms with Crippen molar-refractivity contribution in [3.05, 3.63) is 22.7 Å². The third kappa shape index (κ3) is 3.51. The van der Waals surface area contributed by atoms with E-state index in [2.05, 4.69) is 0 Å². The van der Waals surface area contributed by atoms with Gasteiger partial charge >= 0.3 is 0 Å². The molecule has 0 bridgehead atoms. The van der Waals surface area contributed by atoms with E-state index in [4.69, 9.17) is 21.1 Å². The van der Waals surface area contributed by atoms with E-state index in [0.29, 0.717) is 29.5 Å². The highest BCUT2D eigenvalue weighted by molar-refractivity contribution is 6.32. The molecule has 0 saturated carbocycles. The molecule has 0 amide bonds. The molecule has 0 aliphatic rings. The highest BCUT2D eigenvalue weighted by atomic mass is 35.5. The van der Waals surface area contributed by atoms with Crippen LogP contribution in [-0.2, 0) is 0 Å². The van der Waals surface area contributed by atoms with Crippen LogP contribution in [0.5, 0.6) is 11.5 Å². The second-order valence-corrected chi connectivity index (χ2v) is 4.18. The van der Waals surface area contributed by atoms with Crippen LogP contribution in [0.1, 0.15) is 38.4 Å². The summed E-state index contributed by atoms with van der Waals surface area (Å²) in [5.74, 6) is 1.09. The summed E-state index contributed by atoms with van der Waals surface area (Å²) < 4.78 is 10.6. The van der Waals surface area contributed by atoms with Crippen LogP contribution in [0.15, 0.2) is 12.1 Å². The molecule has 0 fully saturated rings. The molecule has 1 rings (SSSR count). The Bertz CT molecular complexity index is 366. The number of hydrogen-bond acceptors (Lipinski definition) is 3. The van der Waals surface area contributed by atoms with E-state index in [0.717, 1.165) is 12.0 Å². The summed E-state index contributed by atoms with van der Waals surface area (Å²) in [7, 11) is 1.56. The maximum Gasteiger partial charge on any atom is 0.179 e. The van der Waals surface area contributed by atoms with Gasteiger partial charge in [0.05, 0.1) is 24.8 Å². The monoisotopic (exact) mass is 258 g/mol. The summed E-state index contributed by atoms with van der Waals surface area (Å²) in [6.45, 7) is 4.43. The molecular weight excluding hydrogens is 240 g/mol. The summed E-state index contributed by atoms with van der Waals surface area (Å²) in [5, 5.41) is 10.4. The molecular formula is C13H19ClO3. The Morgan fingerprint density at radius 2 is 2.06 bits per heavy atom. The number of hydrogen-bond donors (Lipinski definition) is 1. The van der Waals surface area contributed by atoms with Crippen molar-refractivity contribution >= 4 is 11.6 Å². The standard InChI is InChI=1S/C13H19ClO3/c1-4-6-11(15)9-7-10(14)13(17-5-2)12(8-9)16-3/h7-8,11,15H,4-6H2,1-3H3. The average Bonchev–Trinajstić information content (AvgIpc) is 2.31. The topological polar surface area (TPSA) is 38.7 Å². The number of rotatable bonds is 6. The van der Waals surface area contributed by atoms with E-state index >= 15 is 0 Å². The van der Waals surface area contributed by atoms with Gasteiger partial charge in [0, 0.05) is 0 Å². The van der Waals surface area contributed by atoms with Crippen molar-refractivity contribution in [1.82, 2.24) is 0 Å². The lowest BCUT2D eigenvalue weighted by Gasteiger charge is -2.15. The van der Waals surface area contributed by atoms with E-state index in [-0.39, 0.29) is 0 Å². The number of halogens is 1. The predicted molar refractivity (Wildman–Crippen MR) is 69.0 cm³/mol.